The van der Waals surface area contributed by atoms with E-state index in [2.05, 4.69) is 5.32 Å². The second-order valence-electron chi connectivity index (χ2n) is 7.49. The van der Waals surface area contributed by atoms with Crippen molar-refractivity contribution in [2.45, 2.75) is 19.9 Å². The summed E-state index contributed by atoms with van der Waals surface area (Å²) in [5.41, 5.74) is 1.13. The van der Waals surface area contributed by atoms with Gasteiger partial charge in [0.15, 0.2) is 6.61 Å². The maximum Gasteiger partial charge on any atom is 0.338 e. The van der Waals surface area contributed by atoms with Gasteiger partial charge < -0.3 is 10.1 Å². The zero-order chi connectivity index (χ0) is 22.1. The molecule has 0 aliphatic carbocycles. The molecule has 0 fully saturated rings. The normalized spacial score (nSPS) is 12.9. The minimum atomic E-state index is -0.751. The molecule has 1 aliphatic rings. The second kappa shape index (κ2) is 8.02. The van der Waals surface area contributed by atoms with Crippen molar-refractivity contribution in [2.24, 2.45) is 0 Å². The molecule has 1 heterocycles. The van der Waals surface area contributed by atoms with Crippen LogP contribution in [0.3, 0.4) is 0 Å². The summed E-state index contributed by atoms with van der Waals surface area (Å²) in [7, 11) is 0. The fraction of sp³-hybridized carbons (Fsp3) is 0.167. The predicted molar refractivity (Wildman–Crippen MR) is 115 cm³/mol. The van der Waals surface area contributed by atoms with Gasteiger partial charge in [0.2, 0.25) is 0 Å². The van der Waals surface area contributed by atoms with E-state index in [1.807, 2.05) is 36.4 Å². The molecular weight excluding hydrogens is 396 g/mol. The van der Waals surface area contributed by atoms with E-state index in [-0.39, 0.29) is 28.6 Å². The van der Waals surface area contributed by atoms with Gasteiger partial charge >= 0.3 is 5.97 Å². The first-order valence-electron chi connectivity index (χ1n) is 9.83. The molecule has 3 aromatic rings. The quantitative estimate of drug-likeness (QED) is 0.506. The van der Waals surface area contributed by atoms with E-state index in [1.165, 1.54) is 18.2 Å². The molecule has 1 aliphatic heterocycles. The molecular formula is C24H20N2O5. The van der Waals surface area contributed by atoms with Crippen molar-refractivity contribution in [2.75, 3.05) is 11.9 Å². The molecule has 31 heavy (non-hydrogen) atoms. The van der Waals surface area contributed by atoms with Crippen molar-refractivity contribution in [3.05, 3.63) is 77.4 Å². The molecule has 156 valence electrons. The van der Waals surface area contributed by atoms with Gasteiger partial charge in [0.05, 0.1) is 16.7 Å². The Morgan fingerprint density at radius 3 is 2.42 bits per heavy atom. The molecule has 7 nitrogen and oxygen atoms in total. The number of amides is 3. The Kier molecular flexibility index (Phi) is 5.25. The van der Waals surface area contributed by atoms with E-state index < -0.39 is 24.4 Å². The minimum Gasteiger partial charge on any atom is -0.452 e. The number of carbonyl (C=O) groups excluding carboxylic acids is 4. The van der Waals surface area contributed by atoms with Gasteiger partial charge in [-0.1, -0.05) is 36.4 Å². The summed E-state index contributed by atoms with van der Waals surface area (Å²) in [5.74, 6) is -2.06. The number of rotatable bonds is 5. The predicted octanol–water partition coefficient (Wildman–Crippen LogP) is 3.64. The summed E-state index contributed by atoms with van der Waals surface area (Å²) in [6.45, 7) is 3.00. The Hall–Kier alpha value is -4.00. The lowest BCUT2D eigenvalue weighted by atomic mass is 10.1. The third-order valence-electron chi connectivity index (χ3n) is 5.07. The second-order valence-corrected chi connectivity index (χ2v) is 7.49. The molecule has 0 bridgehead atoms. The Morgan fingerprint density at radius 2 is 1.65 bits per heavy atom. The number of hydrogen-bond acceptors (Lipinski definition) is 5. The van der Waals surface area contributed by atoms with E-state index in [4.69, 9.17) is 4.74 Å². The molecule has 7 heteroatoms. The number of anilines is 1. The van der Waals surface area contributed by atoms with Gasteiger partial charge in [-0.15, -0.1) is 0 Å². The summed E-state index contributed by atoms with van der Waals surface area (Å²) in [5, 5.41) is 4.60. The van der Waals surface area contributed by atoms with E-state index >= 15 is 0 Å². The summed E-state index contributed by atoms with van der Waals surface area (Å²) in [6, 6.07) is 17.0. The van der Waals surface area contributed by atoms with Crippen LogP contribution in [0.5, 0.6) is 0 Å². The number of carbonyl (C=O) groups is 4. The fourth-order valence-electron chi connectivity index (χ4n) is 3.59. The third-order valence-corrected chi connectivity index (χ3v) is 5.07. The van der Waals surface area contributed by atoms with Crippen LogP contribution in [-0.4, -0.2) is 41.2 Å². The summed E-state index contributed by atoms with van der Waals surface area (Å²) < 4.78 is 5.11. The first-order chi connectivity index (χ1) is 14.9. The Labute approximate surface area is 178 Å². The third kappa shape index (κ3) is 3.77. The molecule has 0 aromatic heterocycles. The van der Waals surface area contributed by atoms with Crippen molar-refractivity contribution < 1.29 is 23.9 Å². The maximum absolute atomic E-state index is 12.5. The van der Waals surface area contributed by atoms with Crippen LogP contribution >= 0.6 is 0 Å². The molecule has 0 saturated heterocycles. The maximum atomic E-state index is 12.5. The van der Waals surface area contributed by atoms with Crippen LogP contribution in [0.1, 0.15) is 44.9 Å². The lowest BCUT2D eigenvalue weighted by Crippen LogP contribution is -2.35. The molecule has 0 atom stereocenters. The first-order valence-corrected chi connectivity index (χ1v) is 9.83. The highest BCUT2D eigenvalue weighted by Gasteiger charge is 2.37. The van der Waals surface area contributed by atoms with Crippen LogP contribution in [-0.2, 0) is 9.53 Å². The van der Waals surface area contributed by atoms with Crippen LogP contribution in [0.15, 0.2) is 60.7 Å². The monoisotopic (exact) mass is 416 g/mol. The number of ether oxygens (including phenoxy) is 1. The van der Waals surface area contributed by atoms with E-state index in [0.717, 1.165) is 15.7 Å². The van der Waals surface area contributed by atoms with Crippen molar-refractivity contribution in [1.29, 1.82) is 0 Å². The van der Waals surface area contributed by atoms with Crippen molar-refractivity contribution in [1.82, 2.24) is 4.90 Å². The molecule has 1 N–H and O–H groups in total. The van der Waals surface area contributed by atoms with Crippen molar-refractivity contribution in [3.8, 4) is 0 Å². The highest BCUT2D eigenvalue weighted by Crippen LogP contribution is 2.26. The number of nitrogens with one attached hydrogen (secondary N) is 1. The minimum absolute atomic E-state index is 0.100. The van der Waals surface area contributed by atoms with Gasteiger partial charge in [-0.2, -0.15) is 0 Å². The largest absolute Gasteiger partial charge is 0.452 e. The van der Waals surface area contributed by atoms with Crippen LogP contribution < -0.4 is 5.32 Å². The van der Waals surface area contributed by atoms with Gasteiger partial charge in [0.1, 0.15) is 0 Å². The zero-order valence-corrected chi connectivity index (χ0v) is 17.0. The lowest BCUT2D eigenvalue weighted by Gasteiger charge is -2.17. The average Bonchev–Trinajstić information content (AvgIpc) is 3.02. The van der Waals surface area contributed by atoms with Gasteiger partial charge in [-0.05, 0) is 43.5 Å². The molecule has 0 unspecified atom stereocenters. The fourth-order valence-corrected chi connectivity index (χ4v) is 3.59. The number of imide groups is 1. The SMILES string of the molecule is CC(C)N1C(=O)c2ccc(C(=O)OCC(=O)Nc3cccc4ccccc34)cc2C1=O. The van der Waals surface area contributed by atoms with Gasteiger partial charge in [-0.3, -0.25) is 19.3 Å². The number of nitrogens with zero attached hydrogens (tertiary/aromatic N) is 1. The van der Waals surface area contributed by atoms with Gasteiger partial charge in [0, 0.05) is 17.1 Å². The van der Waals surface area contributed by atoms with E-state index in [1.54, 1.807) is 19.9 Å². The standard InChI is InChI=1S/C24H20N2O5/c1-14(2)26-22(28)18-11-10-16(12-19(18)23(26)29)24(30)31-13-21(27)25-20-9-5-7-15-6-3-4-8-17(15)20/h3-12,14H,13H2,1-2H3,(H,25,27). The lowest BCUT2D eigenvalue weighted by molar-refractivity contribution is -0.119. The smallest absolute Gasteiger partial charge is 0.338 e. The molecule has 4 rings (SSSR count). The topological polar surface area (TPSA) is 92.8 Å². The Bertz CT molecular complexity index is 1230. The highest BCUT2D eigenvalue weighted by atomic mass is 16.5. The van der Waals surface area contributed by atoms with Gasteiger partial charge in [-0.25, -0.2) is 4.79 Å². The number of esters is 1. The summed E-state index contributed by atoms with van der Waals surface area (Å²) >= 11 is 0. The average molecular weight is 416 g/mol. The molecule has 3 aromatic carbocycles. The number of hydrogen-bond donors (Lipinski definition) is 1. The summed E-state index contributed by atoms with van der Waals surface area (Å²) in [4.78, 5) is 50.7. The van der Waals surface area contributed by atoms with E-state index in [9.17, 15) is 19.2 Å². The molecule has 3 amide bonds. The molecule has 0 spiro atoms. The Morgan fingerprint density at radius 1 is 0.935 bits per heavy atom. The highest BCUT2D eigenvalue weighted by molar-refractivity contribution is 6.22. The Balaban J connectivity index is 1.43. The first kappa shape index (κ1) is 20.3. The zero-order valence-electron chi connectivity index (χ0n) is 17.0. The van der Waals surface area contributed by atoms with E-state index in [0.29, 0.717) is 5.69 Å². The molecule has 0 radical (unpaired) electrons. The number of fused-ring (bicyclic) bond motifs is 2. The number of benzene rings is 3. The van der Waals surface area contributed by atoms with Crippen LogP contribution in [0, 0.1) is 0 Å². The van der Waals surface area contributed by atoms with Crippen molar-refractivity contribution >= 4 is 40.2 Å². The van der Waals surface area contributed by atoms with Crippen LogP contribution in [0.4, 0.5) is 5.69 Å². The van der Waals surface area contributed by atoms with Crippen molar-refractivity contribution in [3.63, 3.8) is 0 Å². The van der Waals surface area contributed by atoms with Gasteiger partial charge in [0.25, 0.3) is 17.7 Å². The summed E-state index contributed by atoms with van der Waals surface area (Å²) in [6.07, 6.45) is 0. The van der Waals surface area contributed by atoms with Crippen LogP contribution in [0.2, 0.25) is 0 Å². The molecule has 0 saturated carbocycles. The van der Waals surface area contributed by atoms with Crippen LogP contribution in [0.25, 0.3) is 10.8 Å².